The summed E-state index contributed by atoms with van der Waals surface area (Å²) >= 11 is 0. The van der Waals surface area contributed by atoms with Crippen molar-refractivity contribution in [2.24, 2.45) is 0 Å². The second-order valence-corrected chi connectivity index (χ2v) is 12.1. The maximum Gasteiger partial charge on any atom is 0.573 e. The smallest absolute Gasteiger partial charge is 0.462 e. The highest BCUT2D eigenvalue weighted by Crippen LogP contribution is 2.46. The molecule has 2 aromatic carbocycles. The second-order valence-electron chi connectivity index (χ2n) is 12.1. The van der Waals surface area contributed by atoms with E-state index in [9.17, 15) is 22.8 Å². The van der Waals surface area contributed by atoms with Crippen LogP contribution in [0.25, 0.3) is 11.3 Å². The number of para-hydroxylation sites is 1. The quantitative estimate of drug-likeness (QED) is 0.249. The van der Waals surface area contributed by atoms with E-state index >= 15 is 0 Å². The summed E-state index contributed by atoms with van der Waals surface area (Å²) in [5, 5.41) is 4.18. The van der Waals surface area contributed by atoms with E-state index < -0.39 is 6.36 Å². The first-order chi connectivity index (χ1) is 21.7. The molecular weight excluding hydrogens is 591 g/mol. The molecule has 3 aromatic rings. The van der Waals surface area contributed by atoms with E-state index in [1.807, 2.05) is 21.9 Å². The van der Waals surface area contributed by atoms with Crippen LogP contribution < -0.4 is 9.64 Å². The highest BCUT2D eigenvalue weighted by molar-refractivity contribution is 5.97. The molecule has 0 radical (unpaired) electrons. The maximum atomic E-state index is 13.9. The monoisotopic (exact) mass is 625 g/mol. The Bertz CT molecular complexity index is 1590. The zero-order valence-corrected chi connectivity index (χ0v) is 24.8. The summed E-state index contributed by atoms with van der Waals surface area (Å²) in [4.78, 5) is 29.9. The highest BCUT2D eigenvalue weighted by Gasteiger charge is 2.46. The Labute approximate surface area is 258 Å². The number of carbonyl (C=O) groups excluding carboxylic acids is 2. The number of carbonyl (C=O) groups is 2. The number of rotatable bonds is 8. The maximum absolute atomic E-state index is 13.9. The van der Waals surface area contributed by atoms with E-state index in [0.717, 1.165) is 36.9 Å². The number of hydrogen-bond donors (Lipinski definition) is 0. The van der Waals surface area contributed by atoms with Crippen molar-refractivity contribution >= 4 is 17.7 Å². The van der Waals surface area contributed by atoms with E-state index in [0.29, 0.717) is 55.0 Å². The summed E-state index contributed by atoms with van der Waals surface area (Å²) in [5.41, 5.74) is 3.42. The Morgan fingerprint density at radius 2 is 1.80 bits per heavy atom. The molecule has 45 heavy (non-hydrogen) atoms. The minimum absolute atomic E-state index is 0.0230. The summed E-state index contributed by atoms with van der Waals surface area (Å²) in [7, 11) is 0. The highest BCUT2D eigenvalue weighted by atomic mass is 19.4. The Hall–Kier alpha value is -4.06. The Kier molecular flexibility index (Phi) is 7.71. The van der Waals surface area contributed by atoms with Crippen LogP contribution in [0.4, 0.5) is 23.7 Å². The Morgan fingerprint density at radius 1 is 1.04 bits per heavy atom. The molecule has 7 rings (SSSR count). The van der Waals surface area contributed by atoms with Gasteiger partial charge in [-0.05, 0) is 87.8 Å². The van der Waals surface area contributed by atoms with Crippen LogP contribution in [0.1, 0.15) is 78.6 Å². The van der Waals surface area contributed by atoms with Crippen molar-refractivity contribution in [3.8, 4) is 17.0 Å². The molecule has 0 N–H and O–H groups in total. The van der Waals surface area contributed by atoms with Gasteiger partial charge in [-0.25, -0.2) is 9.59 Å². The number of nitrogens with zero attached hydrogens (tertiary/aromatic N) is 3. The van der Waals surface area contributed by atoms with Crippen LogP contribution in [-0.2, 0) is 22.5 Å². The van der Waals surface area contributed by atoms with Gasteiger partial charge in [-0.2, -0.15) is 0 Å². The van der Waals surface area contributed by atoms with E-state index in [2.05, 4.69) is 9.89 Å². The van der Waals surface area contributed by atoms with E-state index in [-0.39, 0.29) is 54.0 Å². The van der Waals surface area contributed by atoms with Crippen molar-refractivity contribution < 1.29 is 41.5 Å². The van der Waals surface area contributed by atoms with E-state index in [4.69, 9.17) is 14.0 Å². The number of halogens is 3. The number of aromatic nitrogens is 1. The summed E-state index contributed by atoms with van der Waals surface area (Å²) in [5.74, 6) is 0.119. The number of fused-ring (bicyclic) bond motifs is 3. The fourth-order valence-electron chi connectivity index (χ4n) is 7.07. The third kappa shape index (κ3) is 5.87. The minimum Gasteiger partial charge on any atom is -0.462 e. The summed E-state index contributed by atoms with van der Waals surface area (Å²) in [6, 6.07) is 11.3. The van der Waals surface area contributed by atoms with Crippen molar-refractivity contribution in [3.05, 3.63) is 64.9 Å². The molecule has 9 nitrogen and oxygen atoms in total. The van der Waals surface area contributed by atoms with Gasteiger partial charge in [-0.15, -0.1) is 13.2 Å². The molecule has 12 heteroatoms. The Balaban J connectivity index is 1.04. The molecule has 3 aliphatic heterocycles. The van der Waals surface area contributed by atoms with Crippen molar-refractivity contribution in [3.63, 3.8) is 0 Å². The Morgan fingerprint density at radius 3 is 2.51 bits per heavy atom. The first kappa shape index (κ1) is 29.6. The van der Waals surface area contributed by atoms with Gasteiger partial charge in [0, 0.05) is 41.4 Å². The number of esters is 1. The van der Waals surface area contributed by atoms with Crippen molar-refractivity contribution in [2.45, 2.75) is 88.9 Å². The summed E-state index contributed by atoms with van der Waals surface area (Å²) in [6.45, 7) is 2.76. The van der Waals surface area contributed by atoms with Crippen LogP contribution in [0.15, 0.2) is 47.0 Å². The van der Waals surface area contributed by atoms with Crippen LogP contribution in [0.3, 0.4) is 0 Å². The molecule has 2 saturated heterocycles. The molecule has 1 saturated carbocycles. The third-order valence-electron chi connectivity index (χ3n) is 9.23. The van der Waals surface area contributed by atoms with Gasteiger partial charge in [-0.3, -0.25) is 4.90 Å². The number of hydrogen-bond acceptors (Lipinski definition) is 7. The van der Waals surface area contributed by atoms with Gasteiger partial charge in [0.05, 0.1) is 24.9 Å². The zero-order valence-electron chi connectivity index (χ0n) is 24.8. The fourth-order valence-corrected chi connectivity index (χ4v) is 7.07. The number of piperidine rings is 1. The molecule has 3 fully saturated rings. The normalized spacial score (nSPS) is 22.4. The number of benzene rings is 2. The summed E-state index contributed by atoms with van der Waals surface area (Å²) in [6.07, 6.45) is 0.651. The average molecular weight is 626 g/mol. The third-order valence-corrected chi connectivity index (χ3v) is 9.23. The van der Waals surface area contributed by atoms with E-state index in [1.165, 1.54) is 18.2 Å². The lowest BCUT2D eigenvalue weighted by Crippen LogP contribution is -2.53. The van der Waals surface area contributed by atoms with Crippen LogP contribution in [0.5, 0.6) is 5.75 Å². The van der Waals surface area contributed by atoms with Crippen LogP contribution in [-0.4, -0.2) is 59.8 Å². The lowest BCUT2D eigenvalue weighted by atomic mass is 9.99. The molecule has 1 aliphatic carbocycles. The first-order valence-electron chi connectivity index (χ1n) is 15.5. The number of alkyl halides is 3. The largest absolute Gasteiger partial charge is 0.573 e. The average Bonchev–Trinajstić information content (AvgIpc) is 3.53. The zero-order chi connectivity index (χ0) is 31.3. The van der Waals surface area contributed by atoms with Gasteiger partial charge < -0.3 is 23.6 Å². The second kappa shape index (κ2) is 11.7. The van der Waals surface area contributed by atoms with Gasteiger partial charge in [0.15, 0.2) is 0 Å². The number of urea groups is 1. The number of anilines is 1. The molecule has 4 heterocycles. The molecule has 238 valence electrons. The van der Waals surface area contributed by atoms with Crippen molar-refractivity contribution in [1.82, 2.24) is 10.1 Å². The minimum atomic E-state index is -4.84. The van der Waals surface area contributed by atoms with Gasteiger partial charge in [0.1, 0.15) is 17.2 Å². The molecule has 2 bridgehead atoms. The predicted molar refractivity (Wildman–Crippen MR) is 156 cm³/mol. The first-order valence-corrected chi connectivity index (χ1v) is 15.5. The van der Waals surface area contributed by atoms with Gasteiger partial charge in [0.25, 0.3) is 0 Å². The van der Waals surface area contributed by atoms with Crippen LogP contribution >= 0.6 is 0 Å². The van der Waals surface area contributed by atoms with E-state index in [1.54, 1.807) is 19.1 Å². The van der Waals surface area contributed by atoms with Crippen LogP contribution in [0.2, 0.25) is 0 Å². The fraction of sp³-hybridized carbons (Fsp3) is 0.485. The van der Waals surface area contributed by atoms with Gasteiger partial charge >= 0.3 is 18.4 Å². The topological polar surface area (TPSA) is 94.3 Å². The van der Waals surface area contributed by atoms with Crippen molar-refractivity contribution in [1.29, 1.82) is 0 Å². The lowest BCUT2D eigenvalue weighted by Gasteiger charge is -2.40. The molecule has 4 aliphatic rings. The molecule has 1 aromatic heterocycles. The van der Waals surface area contributed by atoms with Crippen molar-refractivity contribution in [2.75, 3.05) is 18.1 Å². The predicted octanol–water partition coefficient (Wildman–Crippen LogP) is 6.99. The SMILES string of the molecule is CCOC(=O)c1ccc2c(c1)CCN2C(=O)N1C2CCC1CC(OCc1c(-c3ccccc3OC(F)(F)F)noc1C1CC1)C2. The van der Waals surface area contributed by atoms with Gasteiger partial charge in [-0.1, -0.05) is 17.3 Å². The summed E-state index contributed by atoms with van der Waals surface area (Å²) < 4.78 is 61.0. The molecule has 0 spiro atoms. The van der Waals surface area contributed by atoms with Gasteiger partial charge in [0.2, 0.25) is 0 Å². The number of ether oxygens (including phenoxy) is 3. The molecule has 2 atom stereocenters. The molecule has 2 unspecified atom stereocenters. The lowest BCUT2D eigenvalue weighted by molar-refractivity contribution is -0.274. The molecular formula is C33H34F3N3O6. The standard InChI is InChI=1S/C33H34F3N3O6/c1-2-42-31(40)21-9-12-27-20(15-21)13-14-38(27)32(41)39-22-10-11-23(39)17-24(16-22)43-18-26-29(37-45-30(26)19-7-8-19)25-5-3-4-6-28(25)44-33(34,35)36/h3-6,9,12,15,19,22-24H,2,7-8,10-11,13-14,16-18H2,1H3. The van der Waals surface area contributed by atoms with Crippen LogP contribution in [0, 0.1) is 0 Å². The molecule has 2 amide bonds. The number of amides is 2.